The third-order valence-corrected chi connectivity index (χ3v) is 5.08. The second-order valence-electron chi connectivity index (χ2n) is 4.45. The molecular formula is C14H11N3O2S. The molecule has 0 saturated carbocycles. The maximum atomic E-state index is 12.6. The van der Waals surface area contributed by atoms with Gasteiger partial charge in [0, 0.05) is 12.7 Å². The van der Waals surface area contributed by atoms with Crippen molar-refractivity contribution in [2.75, 3.05) is 10.8 Å². The van der Waals surface area contributed by atoms with Gasteiger partial charge in [-0.25, -0.2) is 13.4 Å². The van der Waals surface area contributed by atoms with Crippen LogP contribution in [0.4, 0.5) is 5.69 Å². The van der Waals surface area contributed by atoms with Crippen LogP contribution in [-0.2, 0) is 16.4 Å². The standard InChI is InChI=1S/C14H11N3O2S/c15-9-12-5-6-13(10-16-12)20(18,19)17-8-7-11-3-1-2-4-14(11)17/h1-6,10H,7-8H2. The van der Waals surface area contributed by atoms with Crippen molar-refractivity contribution < 1.29 is 8.42 Å². The molecule has 1 aliphatic heterocycles. The first-order valence-electron chi connectivity index (χ1n) is 6.10. The summed E-state index contributed by atoms with van der Waals surface area (Å²) in [6.07, 6.45) is 1.94. The summed E-state index contributed by atoms with van der Waals surface area (Å²) < 4.78 is 26.6. The maximum absolute atomic E-state index is 12.6. The zero-order valence-electron chi connectivity index (χ0n) is 10.5. The van der Waals surface area contributed by atoms with E-state index in [1.807, 2.05) is 24.3 Å². The number of para-hydroxylation sites is 1. The average Bonchev–Trinajstić information content (AvgIpc) is 2.92. The summed E-state index contributed by atoms with van der Waals surface area (Å²) in [6.45, 7) is 0.432. The molecule has 0 amide bonds. The van der Waals surface area contributed by atoms with E-state index in [0.29, 0.717) is 13.0 Å². The molecule has 0 bridgehead atoms. The second kappa shape index (κ2) is 4.62. The number of nitrogens with zero attached hydrogens (tertiary/aromatic N) is 3. The first kappa shape index (κ1) is 12.6. The van der Waals surface area contributed by atoms with Gasteiger partial charge in [0.1, 0.15) is 16.7 Å². The number of fused-ring (bicyclic) bond motifs is 1. The van der Waals surface area contributed by atoms with Crippen LogP contribution in [0.1, 0.15) is 11.3 Å². The number of rotatable bonds is 2. The summed E-state index contributed by atoms with van der Waals surface area (Å²) in [5.74, 6) is 0. The minimum absolute atomic E-state index is 0.105. The Labute approximate surface area is 117 Å². The molecule has 5 nitrogen and oxygen atoms in total. The number of sulfonamides is 1. The van der Waals surface area contributed by atoms with Crippen LogP contribution < -0.4 is 4.31 Å². The number of hydrogen-bond acceptors (Lipinski definition) is 4. The van der Waals surface area contributed by atoms with Gasteiger partial charge in [-0.15, -0.1) is 0 Å². The smallest absolute Gasteiger partial charge is 0.265 e. The lowest BCUT2D eigenvalue weighted by Gasteiger charge is -2.19. The van der Waals surface area contributed by atoms with E-state index in [9.17, 15) is 8.42 Å². The van der Waals surface area contributed by atoms with Crippen molar-refractivity contribution in [1.82, 2.24) is 4.98 Å². The molecule has 2 heterocycles. The van der Waals surface area contributed by atoms with Crippen molar-refractivity contribution in [1.29, 1.82) is 5.26 Å². The first-order valence-corrected chi connectivity index (χ1v) is 7.54. The van der Waals surface area contributed by atoms with E-state index < -0.39 is 10.0 Å². The van der Waals surface area contributed by atoms with Crippen molar-refractivity contribution in [2.24, 2.45) is 0 Å². The van der Waals surface area contributed by atoms with Crippen LogP contribution in [-0.4, -0.2) is 19.9 Å². The highest BCUT2D eigenvalue weighted by Gasteiger charge is 2.30. The number of aromatic nitrogens is 1. The lowest BCUT2D eigenvalue weighted by atomic mass is 10.2. The molecule has 100 valence electrons. The van der Waals surface area contributed by atoms with E-state index in [-0.39, 0.29) is 10.6 Å². The van der Waals surface area contributed by atoms with Crippen LogP contribution in [0.2, 0.25) is 0 Å². The molecule has 0 N–H and O–H groups in total. The van der Waals surface area contributed by atoms with E-state index in [4.69, 9.17) is 5.26 Å². The van der Waals surface area contributed by atoms with Gasteiger partial charge in [0.25, 0.3) is 10.0 Å². The molecule has 3 rings (SSSR count). The Balaban J connectivity index is 2.03. The van der Waals surface area contributed by atoms with E-state index in [2.05, 4.69) is 4.98 Å². The predicted octanol–water partition coefficient (Wildman–Crippen LogP) is 1.70. The van der Waals surface area contributed by atoms with Gasteiger partial charge in [0.2, 0.25) is 0 Å². The first-order chi connectivity index (χ1) is 9.63. The van der Waals surface area contributed by atoms with Gasteiger partial charge < -0.3 is 0 Å². The largest absolute Gasteiger partial charge is 0.266 e. The van der Waals surface area contributed by atoms with Gasteiger partial charge >= 0.3 is 0 Å². The van der Waals surface area contributed by atoms with Crippen molar-refractivity contribution >= 4 is 15.7 Å². The van der Waals surface area contributed by atoms with Crippen LogP contribution in [0, 0.1) is 11.3 Å². The Morgan fingerprint density at radius 3 is 2.70 bits per heavy atom. The maximum Gasteiger partial charge on any atom is 0.265 e. The highest BCUT2D eigenvalue weighted by molar-refractivity contribution is 7.92. The normalized spacial score (nSPS) is 13.8. The van der Waals surface area contributed by atoms with Crippen LogP contribution in [0.25, 0.3) is 0 Å². The van der Waals surface area contributed by atoms with Crippen LogP contribution in [0.3, 0.4) is 0 Å². The van der Waals surface area contributed by atoms with E-state index in [1.165, 1.54) is 22.6 Å². The number of nitriles is 1. The fourth-order valence-corrected chi connectivity index (χ4v) is 3.73. The molecule has 0 aliphatic carbocycles. The summed E-state index contributed by atoms with van der Waals surface area (Å²) in [7, 11) is -3.62. The number of anilines is 1. The van der Waals surface area contributed by atoms with E-state index in [1.54, 1.807) is 6.07 Å². The summed E-state index contributed by atoms with van der Waals surface area (Å²) in [5.41, 5.74) is 1.94. The minimum atomic E-state index is -3.62. The molecule has 0 fully saturated rings. The summed E-state index contributed by atoms with van der Waals surface area (Å²) in [4.78, 5) is 3.93. The van der Waals surface area contributed by atoms with E-state index in [0.717, 1.165) is 11.3 Å². The number of pyridine rings is 1. The summed E-state index contributed by atoms with van der Waals surface area (Å²) >= 11 is 0. The molecule has 0 saturated heterocycles. The monoisotopic (exact) mass is 285 g/mol. The fraction of sp³-hybridized carbons (Fsp3) is 0.143. The van der Waals surface area contributed by atoms with Gasteiger partial charge in [-0.05, 0) is 30.2 Å². The quantitative estimate of drug-likeness (QED) is 0.841. The second-order valence-corrected chi connectivity index (χ2v) is 6.31. The number of benzene rings is 1. The Morgan fingerprint density at radius 2 is 2.00 bits per heavy atom. The topological polar surface area (TPSA) is 74.1 Å². The molecule has 6 heteroatoms. The van der Waals surface area contributed by atoms with Crippen molar-refractivity contribution in [3.8, 4) is 6.07 Å². The molecule has 2 aromatic rings. The Bertz CT molecular complexity index is 792. The van der Waals surface area contributed by atoms with Crippen molar-refractivity contribution in [3.05, 3.63) is 53.9 Å². The molecule has 1 aromatic heterocycles. The Kier molecular flexibility index (Phi) is 2.92. The van der Waals surface area contributed by atoms with Crippen LogP contribution in [0.15, 0.2) is 47.5 Å². The van der Waals surface area contributed by atoms with Crippen molar-refractivity contribution in [2.45, 2.75) is 11.3 Å². The molecule has 0 spiro atoms. The highest BCUT2D eigenvalue weighted by Crippen LogP contribution is 2.32. The number of hydrogen-bond donors (Lipinski definition) is 0. The molecule has 0 atom stereocenters. The third kappa shape index (κ3) is 1.92. The molecular weight excluding hydrogens is 274 g/mol. The predicted molar refractivity (Wildman–Crippen MR) is 73.6 cm³/mol. The SMILES string of the molecule is N#Cc1ccc(S(=O)(=O)N2CCc3ccccc32)cn1. The third-order valence-electron chi connectivity index (χ3n) is 3.28. The van der Waals surface area contributed by atoms with Crippen LogP contribution in [0.5, 0.6) is 0 Å². The molecule has 1 aliphatic rings. The lowest BCUT2D eigenvalue weighted by molar-refractivity contribution is 0.592. The summed E-state index contributed by atoms with van der Waals surface area (Å²) in [5, 5.41) is 8.70. The summed E-state index contributed by atoms with van der Waals surface area (Å²) in [6, 6.07) is 12.2. The van der Waals surface area contributed by atoms with Crippen LogP contribution >= 0.6 is 0 Å². The minimum Gasteiger partial charge on any atom is -0.266 e. The Hall–Kier alpha value is -2.39. The molecule has 20 heavy (non-hydrogen) atoms. The lowest BCUT2D eigenvalue weighted by Crippen LogP contribution is -2.29. The van der Waals surface area contributed by atoms with Gasteiger partial charge in [0.15, 0.2) is 0 Å². The van der Waals surface area contributed by atoms with E-state index >= 15 is 0 Å². The average molecular weight is 285 g/mol. The zero-order chi connectivity index (χ0) is 14.2. The molecule has 0 radical (unpaired) electrons. The molecule has 1 aromatic carbocycles. The van der Waals surface area contributed by atoms with Gasteiger partial charge in [-0.1, -0.05) is 18.2 Å². The zero-order valence-corrected chi connectivity index (χ0v) is 11.3. The van der Waals surface area contributed by atoms with Gasteiger partial charge in [-0.3, -0.25) is 4.31 Å². The Morgan fingerprint density at radius 1 is 1.20 bits per heavy atom. The fourth-order valence-electron chi connectivity index (χ4n) is 2.28. The van der Waals surface area contributed by atoms with Gasteiger partial charge in [-0.2, -0.15) is 5.26 Å². The highest BCUT2D eigenvalue weighted by atomic mass is 32.2. The van der Waals surface area contributed by atoms with Crippen molar-refractivity contribution in [3.63, 3.8) is 0 Å². The molecule has 0 unspecified atom stereocenters. The van der Waals surface area contributed by atoms with Gasteiger partial charge in [0.05, 0.1) is 5.69 Å².